The Morgan fingerprint density at radius 1 is 1.10 bits per heavy atom. The zero-order valence-corrected chi connectivity index (χ0v) is 12.3. The number of halogens is 1. The van der Waals surface area contributed by atoms with Crippen molar-refractivity contribution in [3.63, 3.8) is 0 Å². The maximum absolute atomic E-state index is 13.3. The van der Waals surface area contributed by atoms with Gasteiger partial charge in [-0.15, -0.1) is 0 Å². The van der Waals surface area contributed by atoms with Crippen LogP contribution in [-0.4, -0.2) is 49.5 Å². The lowest BCUT2D eigenvalue weighted by atomic mass is 10.2. The van der Waals surface area contributed by atoms with E-state index in [1.807, 2.05) is 13.8 Å². The Balaban J connectivity index is 2.59. The number of rotatable bonds is 10. The van der Waals surface area contributed by atoms with E-state index in [1.54, 1.807) is 12.1 Å². The molecule has 0 spiro atoms. The van der Waals surface area contributed by atoms with Crippen LogP contribution in [0.3, 0.4) is 0 Å². The molecule has 0 saturated carbocycles. The second kappa shape index (κ2) is 9.69. The van der Waals surface area contributed by atoms with E-state index in [-0.39, 0.29) is 5.75 Å². The van der Waals surface area contributed by atoms with Gasteiger partial charge in [-0.25, -0.2) is 4.39 Å². The first-order valence-electron chi connectivity index (χ1n) is 7.03. The summed E-state index contributed by atoms with van der Waals surface area (Å²) in [7, 11) is 0. The quantitative estimate of drug-likeness (QED) is 0.670. The number of phenolic OH excluding ortho intramolecular Hbond substituents is 1. The van der Waals surface area contributed by atoms with Crippen molar-refractivity contribution in [2.75, 3.05) is 39.5 Å². The minimum absolute atomic E-state index is 0.273. The third-order valence-electron chi connectivity index (χ3n) is 2.98. The molecule has 0 aliphatic heterocycles. The van der Waals surface area contributed by atoms with Gasteiger partial charge in [0.25, 0.3) is 0 Å². The SMILES string of the molecule is CCOCCN(CCOCC)Cc1cccc(F)c1O. The van der Waals surface area contributed by atoms with Crippen molar-refractivity contribution in [3.8, 4) is 5.75 Å². The molecule has 1 aromatic rings. The largest absolute Gasteiger partial charge is 0.505 e. The molecule has 0 aromatic heterocycles. The smallest absolute Gasteiger partial charge is 0.165 e. The molecule has 0 atom stereocenters. The lowest BCUT2D eigenvalue weighted by Crippen LogP contribution is -2.30. The summed E-state index contributed by atoms with van der Waals surface area (Å²) in [5.41, 5.74) is 0.581. The maximum Gasteiger partial charge on any atom is 0.165 e. The molecule has 5 heteroatoms. The highest BCUT2D eigenvalue weighted by molar-refractivity contribution is 5.33. The fourth-order valence-corrected chi connectivity index (χ4v) is 1.87. The van der Waals surface area contributed by atoms with E-state index in [0.717, 1.165) is 13.1 Å². The van der Waals surface area contributed by atoms with Crippen LogP contribution in [0.15, 0.2) is 18.2 Å². The van der Waals surface area contributed by atoms with E-state index in [9.17, 15) is 9.50 Å². The van der Waals surface area contributed by atoms with Gasteiger partial charge in [-0.2, -0.15) is 0 Å². The predicted molar refractivity (Wildman–Crippen MR) is 76.3 cm³/mol. The minimum Gasteiger partial charge on any atom is -0.505 e. The van der Waals surface area contributed by atoms with Crippen molar-refractivity contribution in [1.82, 2.24) is 4.90 Å². The zero-order valence-electron chi connectivity index (χ0n) is 12.3. The summed E-state index contributed by atoms with van der Waals surface area (Å²) in [6, 6.07) is 4.59. The van der Waals surface area contributed by atoms with Crippen molar-refractivity contribution >= 4 is 0 Å². The molecule has 0 aliphatic carbocycles. The number of hydrogen-bond acceptors (Lipinski definition) is 4. The average molecular weight is 285 g/mol. The van der Waals surface area contributed by atoms with Crippen LogP contribution in [0.5, 0.6) is 5.75 Å². The molecule has 0 amide bonds. The first-order valence-corrected chi connectivity index (χ1v) is 7.03. The summed E-state index contributed by atoms with van der Waals surface area (Å²) in [6.07, 6.45) is 0. The lowest BCUT2D eigenvalue weighted by Gasteiger charge is -2.22. The highest BCUT2D eigenvalue weighted by Gasteiger charge is 2.11. The standard InChI is InChI=1S/C15H24FNO3/c1-3-19-10-8-17(9-11-20-4-2)12-13-6-5-7-14(16)15(13)18/h5-7,18H,3-4,8-12H2,1-2H3. The van der Waals surface area contributed by atoms with Gasteiger partial charge in [0, 0.05) is 38.4 Å². The summed E-state index contributed by atoms with van der Waals surface area (Å²) in [6.45, 7) is 8.37. The van der Waals surface area contributed by atoms with Gasteiger partial charge in [-0.1, -0.05) is 12.1 Å². The summed E-state index contributed by atoms with van der Waals surface area (Å²) in [5.74, 6) is -0.859. The Kier molecular flexibility index (Phi) is 8.18. The second-order valence-corrected chi connectivity index (χ2v) is 4.42. The number of para-hydroxylation sites is 1. The molecule has 0 unspecified atom stereocenters. The molecule has 4 nitrogen and oxygen atoms in total. The summed E-state index contributed by atoms with van der Waals surface area (Å²) < 4.78 is 24.0. The zero-order chi connectivity index (χ0) is 14.8. The van der Waals surface area contributed by atoms with Crippen LogP contribution in [-0.2, 0) is 16.0 Å². The summed E-state index contributed by atoms with van der Waals surface area (Å²) in [4.78, 5) is 2.08. The van der Waals surface area contributed by atoms with E-state index >= 15 is 0 Å². The summed E-state index contributed by atoms with van der Waals surface area (Å²) in [5, 5.41) is 9.73. The van der Waals surface area contributed by atoms with E-state index < -0.39 is 5.82 Å². The van der Waals surface area contributed by atoms with Gasteiger partial charge in [0.15, 0.2) is 11.6 Å². The van der Waals surface area contributed by atoms with Gasteiger partial charge in [0.05, 0.1) is 13.2 Å². The third kappa shape index (κ3) is 5.86. The van der Waals surface area contributed by atoms with Gasteiger partial charge < -0.3 is 14.6 Å². The first-order chi connectivity index (χ1) is 9.69. The number of nitrogens with zero attached hydrogens (tertiary/aromatic N) is 1. The molecule has 0 heterocycles. The van der Waals surface area contributed by atoms with Gasteiger partial charge in [0.2, 0.25) is 0 Å². The monoisotopic (exact) mass is 285 g/mol. The molecule has 0 aliphatic rings. The number of hydrogen-bond donors (Lipinski definition) is 1. The van der Waals surface area contributed by atoms with Crippen LogP contribution in [0.1, 0.15) is 19.4 Å². The van der Waals surface area contributed by atoms with Crippen molar-refractivity contribution in [2.24, 2.45) is 0 Å². The predicted octanol–water partition coefficient (Wildman–Crippen LogP) is 2.41. The second-order valence-electron chi connectivity index (χ2n) is 4.42. The van der Waals surface area contributed by atoms with Crippen molar-refractivity contribution in [1.29, 1.82) is 0 Å². The normalized spacial score (nSPS) is 11.2. The fraction of sp³-hybridized carbons (Fsp3) is 0.600. The molecule has 1 aromatic carbocycles. The Bertz CT molecular complexity index is 377. The molecule has 0 fully saturated rings. The van der Waals surface area contributed by atoms with Crippen LogP contribution in [0.4, 0.5) is 4.39 Å². The Labute approximate surface area is 120 Å². The molecule has 0 saturated heterocycles. The summed E-state index contributed by atoms with van der Waals surface area (Å²) >= 11 is 0. The molecule has 20 heavy (non-hydrogen) atoms. The van der Waals surface area contributed by atoms with E-state index in [2.05, 4.69) is 4.90 Å². The van der Waals surface area contributed by atoms with E-state index in [0.29, 0.717) is 38.5 Å². The van der Waals surface area contributed by atoms with Gasteiger partial charge in [-0.3, -0.25) is 4.90 Å². The van der Waals surface area contributed by atoms with Crippen molar-refractivity contribution in [3.05, 3.63) is 29.6 Å². The minimum atomic E-state index is -0.586. The van der Waals surface area contributed by atoms with Gasteiger partial charge in [0.1, 0.15) is 0 Å². The molecule has 1 rings (SSSR count). The van der Waals surface area contributed by atoms with Crippen molar-refractivity contribution < 1.29 is 19.0 Å². The molecule has 0 bridgehead atoms. The first kappa shape index (κ1) is 16.9. The molecular formula is C15H24FNO3. The number of benzene rings is 1. The lowest BCUT2D eigenvalue weighted by molar-refractivity contribution is 0.0794. The average Bonchev–Trinajstić information content (AvgIpc) is 2.44. The van der Waals surface area contributed by atoms with Crippen LogP contribution < -0.4 is 0 Å². The van der Waals surface area contributed by atoms with Gasteiger partial charge >= 0.3 is 0 Å². The fourth-order valence-electron chi connectivity index (χ4n) is 1.87. The maximum atomic E-state index is 13.3. The third-order valence-corrected chi connectivity index (χ3v) is 2.98. The topological polar surface area (TPSA) is 41.9 Å². The van der Waals surface area contributed by atoms with Crippen LogP contribution in [0, 0.1) is 5.82 Å². The highest BCUT2D eigenvalue weighted by atomic mass is 19.1. The van der Waals surface area contributed by atoms with Crippen LogP contribution >= 0.6 is 0 Å². The van der Waals surface area contributed by atoms with Crippen LogP contribution in [0.25, 0.3) is 0 Å². The Morgan fingerprint density at radius 3 is 2.25 bits per heavy atom. The molecule has 1 N–H and O–H groups in total. The highest BCUT2D eigenvalue weighted by Crippen LogP contribution is 2.22. The Hall–Kier alpha value is -1.17. The molecule has 0 radical (unpaired) electrons. The molecule has 114 valence electrons. The van der Waals surface area contributed by atoms with Crippen LogP contribution in [0.2, 0.25) is 0 Å². The number of phenols is 1. The number of aromatic hydroxyl groups is 1. The van der Waals surface area contributed by atoms with E-state index in [4.69, 9.17) is 9.47 Å². The van der Waals surface area contributed by atoms with Crippen molar-refractivity contribution in [2.45, 2.75) is 20.4 Å². The van der Waals surface area contributed by atoms with Gasteiger partial charge in [-0.05, 0) is 19.9 Å². The molecular weight excluding hydrogens is 261 g/mol. The Morgan fingerprint density at radius 2 is 1.70 bits per heavy atom. The van der Waals surface area contributed by atoms with E-state index in [1.165, 1.54) is 6.07 Å². The number of ether oxygens (including phenoxy) is 2.